The second kappa shape index (κ2) is 6.09. The van der Waals surface area contributed by atoms with E-state index in [9.17, 15) is 14.9 Å². The first-order chi connectivity index (χ1) is 11.0. The molecular weight excluding hydrogens is 386 g/mol. The average molecular weight is 396 g/mol. The van der Waals surface area contributed by atoms with Gasteiger partial charge in [-0.2, -0.15) is 5.01 Å². The third-order valence-electron chi connectivity index (χ3n) is 3.09. The molecule has 7 nitrogen and oxygen atoms in total. The fourth-order valence-electron chi connectivity index (χ4n) is 2.03. The number of rotatable bonds is 3. The van der Waals surface area contributed by atoms with Crippen LogP contribution in [-0.4, -0.2) is 21.7 Å². The van der Waals surface area contributed by atoms with Crippen LogP contribution in [0.3, 0.4) is 0 Å². The highest BCUT2D eigenvalue weighted by molar-refractivity contribution is 9.10. The third kappa shape index (κ3) is 3.10. The molecule has 1 atom stereocenters. The molecule has 23 heavy (non-hydrogen) atoms. The van der Waals surface area contributed by atoms with Gasteiger partial charge in [-0.1, -0.05) is 27.3 Å². The van der Waals surface area contributed by atoms with Gasteiger partial charge in [0.1, 0.15) is 0 Å². The van der Waals surface area contributed by atoms with Crippen LogP contribution in [0.5, 0.6) is 0 Å². The van der Waals surface area contributed by atoms with Crippen molar-refractivity contribution in [1.82, 2.24) is 5.01 Å². The Kier molecular flexibility index (Phi) is 4.14. The highest BCUT2D eigenvalue weighted by Crippen LogP contribution is 2.36. The standard InChI is InChI=1S/C14H10BrN3O4S/c1-8(19)17-14(11-6-7-12(23-11)18(20)21)22-13(16-17)9-2-4-10(15)5-3-9/h2-7,14H,1H3. The summed E-state index contributed by atoms with van der Waals surface area (Å²) in [6, 6.07) is 10.2. The van der Waals surface area contributed by atoms with Gasteiger partial charge in [0, 0.05) is 23.0 Å². The van der Waals surface area contributed by atoms with Crippen LogP contribution in [0.15, 0.2) is 46.0 Å². The van der Waals surface area contributed by atoms with Crippen molar-refractivity contribution in [2.75, 3.05) is 0 Å². The van der Waals surface area contributed by atoms with Crippen LogP contribution in [0.2, 0.25) is 0 Å². The van der Waals surface area contributed by atoms with Crippen LogP contribution in [0, 0.1) is 10.1 Å². The normalized spacial score (nSPS) is 16.9. The minimum absolute atomic E-state index is 0.0100. The number of benzene rings is 1. The molecule has 0 saturated heterocycles. The summed E-state index contributed by atoms with van der Waals surface area (Å²) in [4.78, 5) is 22.7. The summed E-state index contributed by atoms with van der Waals surface area (Å²) < 4.78 is 6.68. The molecule has 3 rings (SSSR count). The number of carbonyl (C=O) groups is 1. The van der Waals surface area contributed by atoms with Crippen molar-refractivity contribution in [3.05, 3.63) is 61.4 Å². The molecule has 0 radical (unpaired) electrons. The van der Waals surface area contributed by atoms with E-state index in [4.69, 9.17) is 4.74 Å². The van der Waals surface area contributed by atoms with Crippen molar-refractivity contribution < 1.29 is 14.5 Å². The van der Waals surface area contributed by atoms with Crippen LogP contribution < -0.4 is 0 Å². The zero-order valence-corrected chi connectivity index (χ0v) is 14.2. The number of nitrogens with zero attached hydrogens (tertiary/aromatic N) is 3. The van der Waals surface area contributed by atoms with Crippen LogP contribution in [0.25, 0.3) is 0 Å². The minimum Gasteiger partial charge on any atom is -0.445 e. The quantitative estimate of drug-likeness (QED) is 0.586. The van der Waals surface area contributed by atoms with Gasteiger partial charge in [-0.25, -0.2) is 0 Å². The van der Waals surface area contributed by atoms with Crippen molar-refractivity contribution in [3.63, 3.8) is 0 Å². The molecule has 1 aromatic heterocycles. The molecule has 0 N–H and O–H groups in total. The van der Waals surface area contributed by atoms with Gasteiger partial charge in [0.15, 0.2) is 0 Å². The van der Waals surface area contributed by atoms with Crippen molar-refractivity contribution in [2.45, 2.75) is 13.2 Å². The Morgan fingerprint density at radius 1 is 1.35 bits per heavy atom. The number of amides is 1. The maximum atomic E-state index is 11.8. The molecule has 0 aliphatic carbocycles. The Balaban J connectivity index is 1.91. The van der Waals surface area contributed by atoms with Crippen LogP contribution in [-0.2, 0) is 9.53 Å². The van der Waals surface area contributed by atoms with Crippen LogP contribution in [0.4, 0.5) is 5.00 Å². The van der Waals surface area contributed by atoms with Gasteiger partial charge < -0.3 is 4.74 Å². The first-order valence-corrected chi connectivity index (χ1v) is 8.12. The predicted octanol–water partition coefficient (Wildman–Crippen LogP) is 3.66. The molecule has 2 heterocycles. The highest BCUT2D eigenvalue weighted by Gasteiger charge is 2.35. The highest BCUT2D eigenvalue weighted by atomic mass is 79.9. The SMILES string of the molecule is CC(=O)N1N=C(c2ccc(Br)cc2)OC1c1ccc([N+](=O)[O-])s1. The van der Waals surface area contributed by atoms with E-state index in [0.717, 1.165) is 15.8 Å². The summed E-state index contributed by atoms with van der Waals surface area (Å²) in [6.07, 6.45) is -0.787. The largest absolute Gasteiger partial charge is 0.445 e. The van der Waals surface area contributed by atoms with Gasteiger partial charge in [0.05, 0.1) is 9.80 Å². The lowest BCUT2D eigenvalue weighted by Crippen LogP contribution is -2.24. The van der Waals surface area contributed by atoms with E-state index in [1.165, 1.54) is 18.0 Å². The lowest BCUT2D eigenvalue weighted by molar-refractivity contribution is -0.380. The van der Waals surface area contributed by atoms with Crippen molar-refractivity contribution in [3.8, 4) is 0 Å². The second-order valence-corrected chi connectivity index (χ2v) is 6.69. The monoisotopic (exact) mass is 395 g/mol. The van der Waals surface area contributed by atoms with E-state index in [2.05, 4.69) is 21.0 Å². The molecule has 0 saturated carbocycles. The summed E-state index contributed by atoms with van der Waals surface area (Å²) in [5, 5.41) is 16.2. The average Bonchev–Trinajstić information content (AvgIpc) is 3.14. The number of hydrogen-bond donors (Lipinski definition) is 0. The molecule has 2 aromatic rings. The number of thiophene rings is 1. The van der Waals surface area contributed by atoms with E-state index >= 15 is 0 Å². The number of hydrazone groups is 1. The van der Waals surface area contributed by atoms with Gasteiger partial charge >= 0.3 is 5.00 Å². The Morgan fingerprint density at radius 2 is 2.04 bits per heavy atom. The van der Waals surface area contributed by atoms with Crippen molar-refractivity contribution >= 4 is 44.1 Å². The number of hydrogen-bond acceptors (Lipinski definition) is 6. The van der Waals surface area contributed by atoms with Gasteiger partial charge in [0.25, 0.3) is 0 Å². The van der Waals surface area contributed by atoms with Gasteiger partial charge in [-0.05, 0) is 30.3 Å². The maximum absolute atomic E-state index is 11.8. The smallest absolute Gasteiger partial charge is 0.324 e. The summed E-state index contributed by atoms with van der Waals surface area (Å²) in [5.74, 6) is -0.00748. The van der Waals surface area contributed by atoms with E-state index in [0.29, 0.717) is 16.3 Å². The van der Waals surface area contributed by atoms with E-state index < -0.39 is 11.2 Å². The van der Waals surface area contributed by atoms with Crippen molar-refractivity contribution in [2.24, 2.45) is 5.10 Å². The molecule has 1 aromatic carbocycles. The summed E-state index contributed by atoms with van der Waals surface area (Å²) in [5.41, 5.74) is 0.716. The lowest BCUT2D eigenvalue weighted by Gasteiger charge is -2.17. The first kappa shape index (κ1) is 15.6. The fraction of sp³-hybridized carbons (Fsp3) is 0.143. The van der Waals surface area contributed by atoms with Gasteiger partial charge in [-0.3, -0.25) is 14.9 Å². The van der Waals surface area contributed by atoms with E-state index in [-0.39, 0.29) is 10.9 Å². The van der Waals surface area contributed by atoms with E-state index in [1.54, 1.807) is 18.2 Å². The molecule has 0 fully saturated rings. The Bertz CT molecular complexity index is 803. The molecule has 1 aliphatic rings. The topological polar surface area (TPSA) is 85.0 Å². The summed E-state index contributed by atoms with van der Waals surface area (Å²) in [7, 11) is 0. The summed E-state index contributed by atoms with van der Waals surface area (Å²) >= 11 is 4.31. The zero-order chi connectivity index (χ0) is 16.6. The number of ether oxygens (including phenoxy) is 1. The number of carbonyl (C=O) groups excluding carboxylic acids is 1. The molecule has 1 aliphatic heterocycles. The number of halogens is 1. The fourth-order valence-corrected chi connectivity index (χ4v) is 3.14. The molecule has 1 unspecified atom stereocenters. The third-order valence-corrected chi connectivity index (χ3v) is 4.69. The Labute approximate surface area is 143 Å². The van der Waals surface area contributed by atoms with Gasteiger partial charge in [0.2, 0.25) is 18.0 Å². The van der Waals surface area contributed by atoms with Crippen LogP contribution in [0.1, 0.15) is 23.6 Å². The zero-order valence-electron chi connectivity index (χ0n) is 11.8. The van der Waals surface area contributed by atoms with Crippen molar-refractivity contribution in [1.29, 1.82) is 0 Å². The molecule has 0 bridgehead atoms. The molecule has 1 amide bonds. The molecule has 9 heteroatoms. The maximum Gasteiger partial charge on any atom is 0.324 e. The molecular formula is C14H10BrN3O4S. The lowest BCUT2D eigenvalue weighted by atomic mass is 10.2. The first-order valence-electron chi connectivity index (χ1n) is 6.51. The van der Waals surface area contributed by atoms with E-state index in [1.807, 2.05) is 12.1 Å². The Morgan fingerprint density at radius 3 is 2.61 bits per heavy atom. The van der Waals surface area contributed by atoms with Gasteiger partial charge in [-0.15, -0.1) is 5.10 Å². The summed E-state index contributed by atoms with van der Waals surface area (Å²) in [6.45, 7) is 1.37. The Hall–Kier alpha value is -2.26. The number of nitro groups is 1. The minimum atomic E-state index is -0.787. The van der Waals surface area contributed by atoms with Crippen LogP contribution >= 0.6 is 27.3 Å². The second-order valence-electron chi connectivity index (χ2n) is 4.68. The predicted molar refractivity (Wildman–Crippen MR) is 88.0 cm³/mol. The molecule has 0 spiro atoms. The molecule has 118 valence electrons.